The summed E-state index contributed by atoms with van der Waals surface area (Å²) in [6, 6.07) is 33.8. The molecule has 4 aliphatic heterocycles. The van der Waals surface area contributed by atoms with Gasteiger partial charge < -0.3 is 37.9 Å². The average Bonchev–Trinajstić information content (AvgIpc) is 3.91. The summed E-state index contributed by atoms with van der Waals surface area (Å²) >= 11 is 0. The third-order valence-corrected chi connectivity index (χ3v) is 8.73. The van der Waals surface area contributed by atoms with E-state index in [1.165, 1.54) is 22.3 Å². The second-order valence-electron chi connectivity index (χ2n) is 12.2. The summed E-state index contributed by atoms with van der Waals surface area (Å²) in [5.41, 5.74) is 4.70. The first-order valence-electron chi connectivity index (χ1n) is 16.1. The fourth-order valence-electron chi connectivity index (χ4n) is 5.74. The summed E-state index contributed by atoms with van der Waals surface area (Å²) in [4.78, 5) is 0. The Kier molecular flexibility index (Phi) is 8.51. The molecule has 5 unspecified atom stereocenters. The fraction of sp³-hybridized carbons (Fsp3) is 0.368. The van der Waals surface area contributed by atoms with Crippen LogP contribution in [0.4, 0.5) is 0 Å². The Bertz CT molecular complexity index is 1500. The van der Waals surface area contributed by atoms with Crippen molar-refractivity contribution in [2.24, 2.45) is 0 Å². The van der Waals surface area contributed by atoms with E-state index in [1.54, 1.807) is 0 Å². The molecule has 8 heteroatoms. The molecule has 4 aromatic rings. The summed E-state index contributed by atoms with van der Waals surface area (Å²) < 4.78 is 45.4. The van der Waals surface area contributed by atoms with E-state index in [2.05, 4.69) is 84.9 Å². The van der Waals surface area contributed by atoms with Gasteiger partial charge in [0.15, 0.2) is 0 Å². The van der Waals surface area contributed by atoms with Gasteiger partial charge in [0.1, 0.15) is 61.1 Å². The summed E-state index contributed by atoms with van der Waals surface area (Å²) in [5, 5.41) is 0. The monoisotopic (exact) mass is 622 g/mol. The third-order valence-electron chi connectivity index (χ3n) is 8.73. The molecular weight excluding hydrogens is 584 g/mol. The summed E-state index contributed by atoms with van der Waals surface area (Å²) in [6.45, 7) is 4.76. The van der Waals surface area contributed by atoms with E-state index < -0.39 is 0 Å². The molecule has 4 saturated heterocycles. The first-order chi connectivity index (χ1) is 22.7. The predicted molar refractivity (Wildman–Crippen MR) is 170 cm³/mol. The van der Waals surface area contributed by atoms with Gasteiger partial charge in [-0.3, -0.25) is 0 Å². The van der Waals surface area contributed by atoms with Crippen LogP contribution in [0.1, 0.15) is 40.5 Å². The Morgan fingerprint density at radius 2 is 0.761 bits per heavy atom. The minimum absolute atomic E-state index is 0.0185. The zero-order chi connectivity index (χ0) is 30.7. The Morgan fingerprint density at radius 1 is 0.457 bits per heavy atom. The molecule has 0 spiro atoms. The third kappa shape index (κ3) is 7.48. The van der Waals surface area contributed by atoms with E-state index in [0.29, 0.717) is 19.8 Å². The molecule has 0 radical (unpaired) electrons. The van der Waals surface area contributed by atoms with E-state index in [0.717, 1.165) is 55.8 Å². The van der Waals surface area contributed by atoms with Crippen molar-refractivity contribution in [2.45, 2.75) is 42.9 Å². The lowest BCUT2D eigenvalue weighted by Crippen LogP contribution is -2.32. The SMILES string of the molecule is c1cc(C(c2ccc(OCC3CO3)cc2)C(c2ccc(OCC3CO3)cc2)c2ccc(OC3CCO3)cc2)ccc1OCC1CO1. The minimum Gasteiger partial charge on any atom is -0.491 e. The number of hydrogen-bond acceptors (Lipinski definition) is 8. The highest BCUT2D eigenvalue weighted by molar-refractivity contribution is 5.48. The molecule has 0 N–H and O–H groups in total. The van der Waals surface area contributed by atoms with Crippen LogP contribution in [0.15, 0.2) is 97.1 Å². The molecule has 4 fully saturated rings. The molecule has 4 heterocycles. The van der Waals surface area contributed by atoms with Crippen molar-refractivity contribution < 1.29 is 37.9 Å². The van der Waals surface area contributed by atoms with Crippen LogP contribution in [-0.4, -0.2) is 70.9 Å². The first kappa shape index (κ1) is 29.3. The molecule has 0 saturated carbocycles. The number of ether oxygens (including phenoxy) is 8. The topological polar surface area (TPSA) is 83.7 Å². The predicted octanol–water partition coefficient (Wildman–Crippen LogP) is 6.11. The highest BCUT2D eigenvalue weighted by Gasteiger charge is 2.30. The molecular formula is C38H38O8. The largest absolute Gasteiger partial charge is 0.491 e. The maximum absolute atomic E-state index is 6.01. The van der Waals surface area contributed by atoms with E-state index in [-0.39, 0.29) is 36.4 Å². The highest BCUT2D eigenvalue weighted by atomic mass is 16.7. The van der Waals surface area contributed by atoms with Crippen molar-refractivity contribution in [3.8, 4) is 23.0 Å². The Morgan fingerprint density at radius 3 is 1.02 bits per heavy atom. The molecule has 0 amide bonds. The second-order valence-corrected chi connectivity index (χ2v) is 12.2. The molecule has 8 rings (SSSR count). The van der Waals surface area contributed by atoms with Crippen molar-refractivity contribution in [3.05, 3.63) is 119 Å². The summed E-state index contributed by atoms with van der Waals surface area (Å²) in [7, 11) is 0. The van der Waals surface area contributed by atoms with E-state index >= 15 is 0 Å². The fourth-order valence-corrected chi connectivity index (χ4v) is 5.74. The van der Waals surface area contributed by atoms with E-state index in [9.17, 15) is 0 Å². The van der Waals surface area contributed by atoms with Crippen LogP contribution in [0.5, 0.6) is 23.0 Å². The summed E-state index contributed by atoms with van der Waals surface area (Å²) in [6.07, 6.45) is 1.36. The molecule has 4 aliphatic rings. The van der Waals surface area contributed by atoms with Gasteiger partial charge in [0.2, 0.25) is 6.29 Å². The van der Waals surface area contributed by atoms with Crippen LogP contribution >= 0.6 is 0 Å². The van der Waals surface area contributed by atoms with Crippen LogP contribution < -0.4 is 18.9 Å². The zero-order valence-corrected chi connectivity index (χ0v) is 25.6. The molecule has 5 atom stereocenters. The van der Waals surface area contributed by atoms with Gasteiger partial charge in [-0.1, -0.05) is 48.5 Å². The number of benzene rings is 4. The van der Waals surface area contributed by atoms with Crippen LogP contribution in [0.3, 0.4) is 0 Å². The smallest absolute Gasteiger partial charge is 0.202 e. The lowest BCUT2D eigenvalue weighted by molar-refractivity contribution is -0.165. The second kappa shape index (κ2) is 13.3. The first-order valence-corrected chi connectivity index (χ1v) is 16.1. The Labute approximate surface area is 269 Å². The van der Waals surface area contributed by atoms with Crippen LogP contribution in [0.25, 0.3) is 0 Å². The van der Waals surface area contributed by atoms with Crippen molar-refractivity contribution in [2.75, 3.05) is 46.2 Å². The molecule has 46 heavy (non-hydrogen) atoms. The zero-order valence-electron chi connectivity index (χ0n) is 25.6. The van der Waals surface area contributed by atoms with Gasteiger partial charge in [-0.2, -0.15) is 0 Å². The van der Waals surface area contributed by atoms with Crippen molar-refractivity contribution in [1.82, 2.24) is 0 Å². The van der Waals surface area contributed by atoms with Gasteiger partial charge in [0.05, 0.1) is 26.4 Å². The highest BCUT2D eigenvalue weighted by Crippen LogP contribution is 2.44. The number of epoxide rings is 3. The maximum atomic E-state index is 6.01. The average molecular weight is 623 g/mol. The van der Waals surface area contributed by atoms with E-state index in [4.69, 9.17) is 37.9 Å². The lowest BCUT2D eigenvalue weighted by Gasteiger charge is -2.30. The minimum atomic E-state index is -0.164. The molecule has 4 aromatic carbocycles. The Hall–Kier alpha value is -4.08. The quantitative estimate of drug-likeness (QED) is 0.139. The molecule has 0 aliphatic carbocycles. The van der Waals surface area contributed by atoms with Gasteiger partial charge >= 0.3 is 0 Å². The normalized spacial score (nSPS) is 23.8. The van der Waals surface area contributed by atoms with Crippen LogP contribution in [0, 0.1) is 0 Å². The summed E-state index contributed by atoms with van der Waals surface area (Å²) in [5.74, 6) is 3.27. The van der Waals surface area contributed by atoms with Gasteiger partial charge in [-0.05, 0) is 70.8 Å². The lowest BCUT2D eigenvalue weighted by atomic mass is 9.73. The van der Waals surface area contributed by atoms with Crippen molar-refractivity contribution >= 4 is 0 Å². The molecule has 8 nitrogen and oxygen atoms in total. The standard InChI is InChI=1S/C38H38O8/c1-9-29(40-19-33-22-43-33)10-2-25(1)37(26-3-11-30(12-4-26)41-20-34-23-44-34)38(27-5-13-31(14-6-27)42-21-35-24-45-35)28-7-15-32(16-8-28)46-36-17-18-39-36/h1-16,33-38H,17-24H2. The molecule has 0 aromatic heterocycles. The van der Waals surface area contributed by atoms with Gasteiger partial charge in [-0.25, -0.2) is 0 Å². The van der Waals surface area contributed by atoms with Crippen LogP contribution in [0.2, 0.25) is 0 Å². The van der Waals surface area contributed by atoms with Crippen molar-refractivity contribution in [1.29, 1.82) is 0 Å². The number of rotatable bonds is 16. The molecule has 0 bridgehead atoms. The van der Waals surface area contributed by atoms with Crippen LogP contribution in [-0.2, 0) is 18.9 Å². The van der Waals surface area contributed by atoms with Gasteiger partial charge in [0, 0.05) is 18.3 Å². The Balaban J connectivity index is 1.14. The van der Waals surface area contributed by atoms with Gasteiger partial charge in [0.25, 0.3) is 0 Å². The van der Waals surface area contributed by atoms with E-state index in [1.807, 2.05) is 12.1 Å². The van der Waals surface area contributed by atoms with Gasteiger partial charge in [-0.15, -0.1) is 0 Å². The maximum Gasteiger partial charge on any atom is 0.202 e. The number of hydrogen-bond donors (Lipinski definition) is 0. The van der Waals surface area contributed by atoms with Crippen molar-refractivity contribution in [3.63, 3.8) is 0 Å². The molecule has 238 valence electrons.